The molecule has 2 unspecified atom stereocenters. The van der Waals surface area contributed by atoms with E-state index in [1.54, 1.807) is 7.11 Å². The van der Waals surface area contributed by atoms with Gasteiger partial charge in [0.2, 0.25) is 0 Å². The van der Waals surface area contributed by atoms with Gasteiger partial charge in [-0.05, 0) is 42.0 Å². The van der Waals surface area contributed by atoms with Gasteiger partial charge in [0.15, 0.2) is 0 Å². The van der Waals surface area contributed by atoms with Crippen LogP contribution in [0.2, 0.25) is 0 Å². The molecule has 14 heavy (non-hydrogen) atoms. The molecule has 0 saturated heterocycles. The van der Waals surface area contributed by atoms with E-state index in [4.69, 9.17) is 10.5 Å². The van der Waals surface area contributed by atoms with Gasteiger partial charge in [-0.2, -0.15) is 0 Å². The second kappa shape index (κ2) is 3.62. The highest BCUT2D eigenvalue weighted by Crippen LogP contribution is 2.41. The van der Waals surface area contributed by atoms with Crippen molar-refractivity contribution in [3.05, 3.63) is 29.3 Å². The van der Waals surface area contributed by atoms with Crippen LogP contribution in [0.15, 0.2) is 18.2 Å². The van der Waals surface area contributed by atoms with Crippen LogP contribution in [0.5, 0.6) is 5.75 Å². The molecule has 0 bridgehead atoms. The van der Waals surface area contributed by atoms with E-state index in [0.29, 0.717) is 11.8 Å². The molecule has 0 saturated carbocycles. The quantitative estimate of drug-likeness (QED) is 0.775. The van der Waals surface area contributed by atoms with Crippen LogP contribution in [0.25, 0.3) is 0 Å². The zero-order valence-corrected chi connectivity index (χ0v) is 8.79. The number of hydrogen-bond donors (Lipinski definition) is 1. The summed E-state index contributed by atoms with van der Waals surface area (Å²) in [7, 11) is 1.73. The SMILES string of the molecule is COc1cccc2c1CC(C)C2CN. The van der Waals surface area contributed by atoms with E-state index >= 15 is 0 Å². The molecule has 2 atom stereocenters. The summed E-state index contributed by atoms with van der Waals surface area (Å²) in [6.45, 7) is 3.00. The molecule has 1 aromatic carbocycles. The van der Waals surface area contributed by atoms with Crippen LogP contribution in [-0.2, 0) is 6.42 Å². The molecule has 1 aliphatic rings. The van der Waals surface area contributed by atoms with Crippen molar-refractivity contribution in [1.29, 1.82) is 0 Å². The molecule has 0 spiro atoms. The maximum atomic E-state index is 5.79. The molecule has 1 aliphatic carbocycles. The molecule has 2 heteroatoms. The van der Waals surface area contributed by atoms with E-state index in [2.05, 4.69) is 19.1 Å². The topological polar surface area (TPSA) is 35.2 Å². The van der Waals surface area contributed by atoms with Gasteiger partial charge in [0.1, 0.15) is 5.75 Å². The highest BCUT2D eigenvalue weighted by molar-refractivity contribution is 5.46. The van der Waals surface area contributed by atoms with Crippen molar-refractivity contribution in [2.24, 2.45) is 11.7 Å². The van der Waals surface area contributed by atoms with Crippen LogP contribution < -0.4 is 10.5 Å². The molecule has 76 valence electrons. The first-order valence-corrected chi connectivity index (χ1v) is 5.13. The first-order valence-electron chi connectivity index (χ1n) is 5.13. The van der Waals surface area contributed by atoms with Gasteiger partial charge < -0.3 is 10.5 Å². The summed E-state index contributed by atoms with van der Waals surface area (Å²) in [5, 5.41) is 0. The standard InChI is InChI=1S/C12H17NO/c1-8-6-10-9(11(8)7-13)4-3-5-12(10)14-2/h3-5,8,11H,6-7,13H2,1-2H3. The third kappa shape index (κ3) is 1.30. The van der Waals surface area contributed by atoms with Gasteiger partial charge in [-0.15, -0.1) is 0 Å². The third-order valence-electron chi connectivity index (χ3n) is 3.26. The summed E-state index contributed by atoms with van der Waals surface area (Å²) >= 11 is 0. The van der Waals surface area contributed by atoms with E-state index in [9.17, 15) is 0 Å². The lowest BCUT2D eigenvalue weighted by atomic mass is 9.94. The van der Waals surface area contributed by atoms with E-state index in [0.717, 1.165) is 18.7 Å². The highest BCUT2D eigenvalue weighted by Gasteiger charge is 2.30. The molecule has 2 N–H and O–H groups in total. The number of benzene rings is 1. The van der Waals surface area contributed by atoms with E-state index in [-0.39, 0.29) is 0 Å². The molecule has 0 fully saturated rings. The fraction of sp³-hybridized carbons (Fsp3) is 0.500. The van der Waals surface area contributed by atoms with Crippen molar-refractivity contribution >= 4 is 0 Å². The lowest BCUT2D eigenvalue weighted by Crippen LogP contribution is -2.15. The average Bonchev–Trinajstić information content (AvgIpc) is 2.52. The maximum Gasteiger partial charge on any atom is 0.122 e. The Labute approximate surface area is 85.1 Å². The second-order valence-electron chi connectivity index (χ2n) is 4.05. The Morgan fingerprint density at radius 1 is 1.50 bits per heavy atom. The van der Waals surface area contributed by atoms with E-state index in [1.165, 1.54) is 11.1 Å². The summed E-state index contributed by atoms with van der Waals surface area (Å²) in [6.07, 6.45) is 1.10. The van der Waals surface area contributed by atoms with Crippen molar-refractivity contribution < 1.29 is 4.74 Å². The second-order valence-corrected chi connectivity index (χ2v) is 4.05. The monoisotopic (exact) mass is 191 g/mol. The van der Waals surface area contributed by atoms with Crippen LogP contribution in [-0.4, -0.2) is 13.7 Å². The number of ether oxygens (including phenoxy) is 1. The lowest BCUT2D eigenvalue weighted by Gasteiger charge is -2.13. The minimum absolute atomic E-state index is 0.514. The van der Waals surface area contributed by atoms with Crippen molar-refractivity contribution in [2.75, 3.05) is 13.7 Å². The van der Waals surface area contributed by atoms with Crippen LogP contribution >= 0.6 is 0 Å². The minimum atomic E-state index is 0.514. The highest BCUT2D eigenvalue weighted by atomic mass is 16.5. The zero-order valence-electron chi connectivity index (χ0n) is 8.79. The smallest absolute Gasteiger partial charge is 0.122 e. The number of fused-ring (bicyclic) bond motifs is 1. The van der Waals surface area contributed by atoms with Crippen molar-refractivity contribution in [2.45, 2.75) is 19.3 Å². The Balaban J connectivity index is 2.45. The van der Waals surface area contributed by atoms with Gasteiger partial charge in [0.05, 0.1) is 7.11 Å². The Morgan fingerprint density at radius 3 is 2.93 bits per heavy atom. The zero-order chi connectivity index (χ0) is 10.1. The first kappa shape index (κ1) is 9.53. The van der Waals surface area contributed by atoms with Gasteiger partial charge in [0.25, 0.3) is 0 Å². The fourth-order valence-corrected chi connectivity index (χ4v) is 2.47. The summed E-state index contributed by atoms with van der Waals surface area (Å²) in [5.74, 6) is 2.18. The molecule has 0 aromatic heterocycles. The number of methoxy groups -OCH3 is 1. The number of rotatable bonds is 2. The van der Waals surface area contributed by atoms with Gasteiger partial charge in [0, 0.05) is 0 Å². The molecule has 2 nitrogen and oxygen atoms in total. The molecule has 1 aromatic rings. The van der Waals surface area contributed by atoms with Crippen LogP contribution in [0, 0.1) is 5.92 Å². The Morgan fingerprint density at radius 2 is 2.29 bits per heavy atom. The van der Waals surface area contributed by atoms with E-state index in [1.807, 2.05) is 6.07 Å². The van der Waals surface area contributed by atoms with Crippen LogP contribution in [0.1, 0.15) is 24.0 Å². The van der Waals surface area contributed by atoms with Crippen molar-refractivity contribution in [3.63, 3.8) is 0 Å². The summed E-state index contributed by atoms with van der Waals surface area (Å²) < 4.78 is 5.36. The Hall–Kier alpha value is -1.02. The van der Waals surface area contributed by atoms with Crippen molar-refractivity contribution in [1.82, 2.24) is 0 Å². The Kier molecular flexibility index (Phi) is 2.46. The predicted molar refractivity (Wildman–Crippen MR) is 57.7 cm³/mol. The summed E-state index contributed by atoms with van der Waals surface area (Å²) in [4.78, 5) is 0. The number of hydrogen-bond acceptors (Lipinski definition) is 2. The molecular weight excluding hydrogens is 174 g/mol. The predicted octanol–water partition coefficient (Wildman–Crippen LogP) is 1.93. The maximum absolute atomic E-state index is 5.79. The average molecular weight is 191 g/mol. The van der Waals surface area contributed by atoms with Crippen LogP contribution in [0.4, 0.5) is 0 Å². The molecule has 0 heterocycles. The van der Waals surface area contributed by atoms with Gasteiger partial charge in [-0.3, -0.25) is 0 Å². The molecular formula is C12H17NO. The minimum Gasteiger partial charge on any atom is -0.496 e. The Bertz CT molecular complexity index is 335. The third-order valence-corrected chi connectivity index (χ3v) is 3.26. The lowest BCUT2D eigenvalue weighted by molar-refractivity contribution is 0.408. The van der Waals surface area contributed by atoms with Gasteiger partial charge in [-0.25, -0.2) is 0 Å². The molecule has 0 radical (unpaired) electrons. The fourth-order valence-electron chi connectivity index (χ4n) is 2.47. The first-order chi connectivity index (χ1) is 6.77. The summed E-state index contributed by atoms with van der Waals surface area (Å²) in [6, 6.07) is 6.27. The van der Waals surface area contributed by atoms with Gasteiger partial charge in [-0.1, -0.05) is 19.1 Å². The summed E-state index contributed by atoms with van der Waals surface area (Å²) in [5.41, 5.74) is 8.54. The molecule has 0 aliphatic heterocycles. The largest absolute Gasteiger partial charge is 0.496 e. The number of nitrogens with two attached hydrogens (primary N) is 1. The molecule has 0 amide bonds. The van der Waals surface area contributed by atoms with Crippen LogP contribution in [0.3, 0.4) is 0 Å². The van der Waals surface area contributed by atoms with Crippen molar-refractivity contribution in [3.8, 4) is 5.75 Å². The van der Waals surface area contributed by atoms with Gasteiger partial charge >= 0.3 is 0 Å². The van der Waals surface area contributed by atoms with E-state index < -0.39 is 0 Å². The normalized spacial score (nSPS) is 24.8. The molecule has 2 rings (SSSR count).